The molecule has 4 heteroatoms. The molecule has 0 bridgehead atoms. The summed E-state index contributed by atoms with van der Waals surface area (Å²) >= 11 is 3.34. The number of pyridine rings is 1. The molecule has 1 aromatic carbocycles. The summed E-state index contributed by atoms with van der Waals surface area (Å²) in [5, 5.41) is 0. The Hall–Kier alpha value is -1.26. The largest absolute Gasteiger partial charge is 0.322 e. The highest BCUT2D eigenvalue weighted by atomic mass is 79.9. The van der Waals surface area contributed by atoms with Crippen LogP contribution in [0.2, 0.25) is 0 Å². The molecule has 100 valence electrons. The molecular formula is C15H16BrFN2. The van der Waals surface area contributed by atoms with Gasteiger partial charge >= 0.3 is 0 Å². The normalized spacial score (nSPS) is 12.5. The van der Waals surface area contributed by atoms with Gasteiger partial charge < -0.3 is 5.73 Å². The van der Waals surface area contributed by atoms with Gasteiger partial charge in [0.25, 0.3) is 0 Å². The predicted octanol–water partition coefficient (Wildman–Crippen LogP) is 3.84. The van der Waals surface area contributed by atoms with Crippen molar-refractivity contribution in [1.29, 1.82) is 0 Å². The molecule has 1 unspecified atom stereocenters. The molecule has 0 radical (unpaired) electrons. The highest BCUT2D eigenvalue weighted by molar-refractivity contribution is 9.10. The molecule has 2 N–H and O–H groups in total. The molecule has 0 aliphatic carbocycles. The number of halogens is 2. The van der Waals surface area contributed by atoms with Crippen LogP contribution in [0, 0.1) is 19.7 Å². The molecule has 2 rings (SSSR count). The van der Waals surface area contributed by atoms with Crippen LogP contribution in [0.1, 0.15) is 28.4 Å². The third-order valence-electron chi connectivity index (χ3n) is 3.05. The van der Waals surface area contributed by atoms with Crippen molar-refractivity contribution in [3.05, 3.63) is 63.1 Å². The van der Waals surface area contributed by atoms with E-state index in [1.807, 2.05) is 19.9 Å². The number of benzene rings is 1. The predicted molar refractivity (Wildman–Crippen MR) is 78.4 cm³/mol. The van der Waals surface area contributed by atoms with Gasteiger partial charge in [0.15, 0.2) is 0 Å². The van der Waals surface area contributed by atoms with Crippen molar-refractivity contribution in [3.63, 3.8) is 0 Å². The molecule has 1 heterocycles. The van der Waals surface area contributed by atoms with Crippen LogP contribution in [0.3, 0.4) is 0 Å². The molecular weight excluding hydrogens is 307 g/mol. The van der Waals surface area contributed by atoms with Crippen molar-refractivity contribution in [1.82, 2.24) is 4.98 Å². The Labute approximate surface area is 121 Å². The molecule has 1 atom stereocenters. The summed E-state index contributed by atoms with van der Waals surface area (Å²) in [5.41, 5.74) is 9.72. The highest BCUT2D eigenvalue weighted by Gasteiger charge is 2.14. The molecule has 2 nitrogen and oxygen atoms in total. The Morgan fingerprint density at radius 3 is 2.74 bits per heavy atom. The van der Waals surface area contributed by atoms with E-state index in [9.17, 15) is 4.39 Å². The first-order valence-corrected chi connectivity index (χ1v) is 6.89. The minimum atomic E-state index is -0.301. The van der Waals surface area contributed by atoms with Crippen molar-refractivity contribution >= 4 is 15.9 Å². The molecule has 0 saturated carbocycles. The van der Waals surface area contributed by atoms with Gasteiger partial charge in [-0.1, -0.05) is 22.0 Å². The first-order valence-electron chi connectivity index (χ1n) is 6.10. The molecule has 19 heavy (non-hydrogen) atoms. The van der Waals surface area contributed by atoms with E-state index in [0.29, 0.717) is 12.0 Å². The zero-order chi connectivity index (χ0) is 14.0. The average molecular weight is 323 g/mol. The Morgan fingerprint density at radius 2 is 2.05 bits per heavy atom. The molecule has 0 amide bonds. The molecule has 1 aromatic heterocycles. The van der Waals surface area contributed by atoms with Crippen LogP contribution in [0.5, 0.6) is 0 Å². The molecule has 0 spiro atoms. The van der Waals surface area contributed by atoms with E-state index in [1.165, 1.54) is 6.07 Å². The van der Waals surface area contributed by atoms with E-state index in [4.69, 9.17) is 5.73 Å². The standard InChI is InChI=1S/C15H16BrFN2/c1-9-5-10(2)15(19-8-9)14(18)7-11-6-12(16)3-4-13(11)17/h3-6,8,14H,7,18H2,1-2H3. The van der Waals surface area contributed by atoms with E-state index in [-0.39, 0.29) is 11.9 Å². The Bertz CT molecular complexity index is 599. The number of rotatable bonds is 3. The van der Waals surface area contributed by atoms with E-state index in [1.54, 1.807) is 18.3 Å². The van der Waals surface area contributed by atoms with Gasteiger partial charge in [0.2, 0.25) is 0 Å². The fourth-order valence-electron chi connectivity index (χ4n) is 2.15. The number of hydrogen-bond acceptors (Lipinski definition) is 2. The first kappa shape index (κ1) is 14.2. The molecule has 0 aliphatic heterocycles. The van der Waals surface area contributed by atoms with Crippen molar-refractivity contribution in [3.8, 4) is 0 Å². The van der Waals surface area contributed by atoms with Gasteiger partial charge in [-0.05, 0) is 55.2 Å². The van der Waals surface area contributed by atoms with Gasteiger partial charge in [-0.15, -0.1) is 0 Å². The summed E-state index contributed by atoms with van der Waals surface area (Å²) < 4.78 is 14.6. The Morgan fingerprint density at radius 1 is 1.32 bits per heavy atom. The van der Waals surface area contributed by atoms with Gasteiger partial charge in [-0.2, -0.15) is 0 Å². The van der Waals surface area contributed by atoms with E-state index in [0.717, 1.165) is 21.3 Å². The minimum absolute atomic E-state index is 0.233. The van der Waals surface area contributed by atoms with Crippen LogP contribution in [0.4, 0.5) is 4.39 Å². The maximum Gasteiger partial charge on any atom is 0.126 e. The second kappa shape index (κ2) is 5.80. The van der Waals surface area contributed by atoms with Crippen molar-refractivity contribution in [2.75, 3.05) is 0 Å². The maximum atomic E-state index is 13.7. The fourth-order valence-corrected chi connectivity index (χ4v) is 2.56. The van der Waals surface area contributed by atoms with Gasteiger partial charge in [-0.25, -0.2) is 4.39 Å². The summed E-state index contributed by atoms with van der Waals surface area (Å²) in [6.07, 6.45) is 2.22. The lowest BCUT2D eigenvalue weighted by Crippen LogP contribution is -2.17. The second-order valence-electron chi connectivity index (χ2n) is 4.76. The Balaban J connectivity index is 2.25. The third kappa shape index (κ3) is 3.39. The Kier molecular flexibility index (Phi) is 4.32. The monoisotopic (exact) mass is 322 g/mol. The average Bonchev–Trinajstić information content (AvgIpc) is 2.33. The summed E-state index contributed by atoms with van der Waals surface area (Å²) in [6.45, 7) is 3.97. The summed E-state index contributed by atoms with van der Waals surface area (Å²) in [7, 11) is 0. The first-order chi connectivity index (χ1) is 8.97. The van der Waals surface area contributed by atoms with E-state index in [2.05, 4.69) is 20.9 Å². The fraction of sp³-hybridized carbons (Fsp3) is 0.267. The quantitative estimate of drug-likeness (QED) is 0.932. The molecule has 2 aromatic rings. The summed E-state index contributed by atoms with van der Waals surface area (Å²) in [6, 6.07) is 6.63. The number of nitrogens with zero attached hydrogens (tertiary/aromatic N) is 1. The topological polar surface area (TPSA) is 38.9 Å². The number of aromatic nitrogens is 1. The van der Waals surface area contributed by atoms with Crippen LogP contribution in [0.25, 0.3) is 0 Å². The molecule has 0 aliphatic rings. The van der Waals surface area contributed by atoms with Gasteiger partial charge in [-0.3, -0.25) is 4.98 Å². The smallest absolute Gasteiger partial charge is 0.126 e. The lowest BCUT2D eigenvalue weighted by molar-refractivity contribution is 0.588. The van der Waals surface area contributed by atoms with Gasteiger partial charge in [0, 0.05) is 10.7 Å². The van der Waals surface area contributed by atoms with Crippen molar-refractivity contribution in [2.24, 2.45) is 5.73 Å². The van der Waals surface area contributed by atoms with Gasteiger partial charge in [0.1, 0.15) is 5.82 Å². The van der Waals surface area contributed by atoms with Crippen LogP contribution in [0.15, 0.2) is 34.9 Å². The van der Waals surface area contributed by atoms with Crippen LogP contribution < -0.4 is 5.73 Å². The maximum absolute atomic E-state index is 13.7. The SMILES string of the molecule is Cc1cnc(C(N)Cc2cc(Br)ccc2F)c(C)c1. The lowest BCUT2D eigenvalue weighted by Gasteiger charge is -2.15. The van der Waals surface area contributed by atoms with Crippen molar-refractivity contribution < 1.29 is 4.39 Å². The van der Waals surface area contributed by atoms with Crippen LogP contribution in [-0.4, -0.2) is 4.98 Å². The molecule has 0 saturated heterocycles. The third-order valence-corrected chi connectivity index (χ3v) is 3.55. The minimum Gasteiger partial charge on any atom is -0.322 e. The number of hydrogen-bond donors (Lipinski definition) is 1. The zero-order valence-corrected chi connectivity index (χ0v) is 12.5. The highest BCUT2D eigenvalue weighted by Crippen LogP contribution is 2.22. The number of aryl methyl sites for hydroxylation is 2. The van der Waals surface area contributed by atoms with Crippen LogP contribution in [-0.2, 0) is 6.42 Å². The zero-order valence-electron chi connectivity index (χ0n) is 11.0. The second-order valence-corrected chi connectivity index (χ2v) is 5.68. The van der Waals surface area contributed by atoms with E-state index >= 15 is 0 Å². The van der Waals surface area contributed by atoms with Crippen LogP contribution >= 0.6 is 15.9 Å². The van der Waals surface area contributed by atoms with Gasteiger partial charge in [0.05, 0.1) is 11.7 Å². The molecule has 0 fully saturated rings. The number of nitrogens with two attached hydrogens (primary N) is 1. The van der Waals surface area contributed by atoms with E-state index < -0.39 is 0 Å². The lowest BCUT2D eigenvalue weighted by atomic mass is 10.00. The van der Waals surface area contributed by atoms with Crippen molar-refractivity contribution in [2.45, 2.75) is 26.3 Å². The summed E-state index contributed by atoms with van der Waals surface area (Å²) in [4.78, 5) is 4.37. The summed E-state index contributed by atoms with van der Waals surface area (Å²) in [5.74, 6) is -0.233.